The molecule has 0 aliphatic carbocycles. The number of ether oxygens (including phenoxy) is 1. The van der Waals surface area contributed by atoms with Gasteiger partial charge in [-0.25, -0.2) is 8.42 Å². The van der Waals surface area contributed by atoms with E-state index in [9.17, 15) is 13.2 Å². The van der Waals surface area contributed by atoms with E-state index in [1.807, 2.05) is 24.3 Å². The van der Waals surface area contributed by atoms with Crippen molar-refractivity contribution in [2.45, 2.75) is 4.90 Å². The second-order valence-corrected chi connectivity index (χ2v) is 10.5. The van der Waals surface area contributed by atoms with Gasteiger partial charge in [-0.15, -0.1) is 0 Å². The minimum Gasteiger partial charge on any atom is -0.495 e. The lowest BCUT2D eigenvalue weighted by atomic mass is 10.0. The second kappa shape index (κ2) is 8.85. The van der Waals surface area contributed by atoms with E-state index in [2.05, 4.69) is 4.90 Å². The molecule has 2 aliphatic heterocycles. The Labute approximate surface area is 204 Å². The molecule has 5 rings (SSSR count). The van der Waals surface area contributed by atoms with E-state index in [4.69, 9.17) is 16.3 Å². The van der Waals surface area contributed by atoms with Crippen molar-refractivity contribution in [3.05, 3.63) is 71.8 Å². The number of anilines is 2. The normalized spacial score (nSPS) is 16.6. The van der Waals surface area contributed by atoms with E-state index >= 15 is 0 Å². The highest BCUT2D eigenvalue weighted by molar-refractivity contribution is 7.93. The Morgan fingerprint density at radius 2 is 1.62 bits per heavy atom. The minimum atomic E-state index is -3.89. The summed E-state index contributed by atoms with van der Waals surface area (Å²) < 4.78 is 33.6. The van der Waals surface area contributed by atoms with Crippen LogP contribution in [0.25, 0.3) is 11.1 Å². The molecule has 34 heavy (non-hydrogen) atoms. The molecule has 0 radical (unpaired) electrons. The second-order valence-electron chi connectivity index (χ2n) is 8.21. The summed E-state index contributed by atoms with van der Waals surface area (Å²) in [6.07, 6.45) is 0. The number of carbonyl (C=O) groups excluding carboxylic acids is 1. The Kier molecular flexibility index (Phi) is 5.87. The molecule has 0 N–H and O–H groups in total. The maximum absolute atomic E-state index is 13.5. The van der Waals surface area contributed by atoms with Crippen LogP contribution in [0, 0.1) is 0 Å². The summed E-state index contributed by atoms with van der Waals surface area (Å²) in [6, 6.07) is 19.6. The van der Waals surface area contributed by atoms with Gasteiger partial charge in [-0.2, -0.15) is 0 Å². The van der Waals surface area contributed by atoms with E-state index < -0.39 is 10.0 Å². The average Bonchev–Trinajstić information content (AvgIpc) is 2.86. The predicted molar refractivity (Wildman–Crippen MR) is 133 cm³/mol. The highest BCUT2D eigenvalue weighted by atomic mass is 35.5. The first-order chi connectivity index (χ1) is 16.4. The quantitative estimate of drug-likeness (QED) is 0.547. The summed E-state index contributed by atoms with van der Waals surface area (Å²) >= 11 is 6.22. The summed E-state index contributed by atoms with van der Waals surface area (Å²) in [6.45, 7) is 1.99. The molecular formula is C25H24ClN3O4S. The van der Waals surface area contributed by atoms with Crippen molar-refractivity contribution in [3.8, 4) is 16.9 Å². The molecule has 9 heteroatoms. The third-order valence-electron chi connectivity index (χ3n) is 6.31. The van der Waals surface area contributed by atoms with Crippen LogP contribution in [0.15, 0.2) is 71.6 Å². The number of para-hydroxylation sites is 2. The number of methoxy groups -OCH3 is 1. The van der Waals surface area contributed by atoms with Crippen LogP contribution in [0.2, 0.25) is 5.02 Å². The molecule has 0 aromatic heterocycles. The molecule has 0 spiro atoms. The van der Waals surface area contributed by atoms with E-state index in [0.29, 0.717) is 48.0 Å². The van der Waals surface area contributed by atoms with Gasteiger partial charge in [-0.3, -0.25) is 9.10 Å². The Morgan fingerprint density at radius 3 is 2.38 bits per heavy atom. The third-order valence-corrected chi connectivity index (χ3v) is 8.36. The molecule has 3 aromatic rings. The van der Waals surface area contributed by atoms with Crippen molar-refractivity contribution < 1.29 is 17.9 Å². The summed E-state index contributed by atoms with van der Waals surface area (Å²) in [5.41, 5.74) is 2.74. The zero-order valence-electron chi connectivity index (χ0n) is 18.6. The molecule has 7 nitrogen and oxygen atoms in total. The van der Waals surface area contributed by atoms with Crippen LogP contribution < -0.4 is 13.9 Å². The van der Waals surface area contributed by atoms with Crippen LogP contribution in [0.3, 0.4) is 0 Å². The SMILES string of the molecule is COc1ccccc1N1CCN(C(=O)CN2c3ccc(Cl)cc3-c3ccccc3S2(=O)=O)CC1. The highest BCUT2D eigenvalue weighted by Gasteiger charge is 2.37. The average molecular weight is 498 g/mol. The number of hydrogen-bond acceptors (Lipinski definition) is 5. The summed E-state index contributed by atoms with van der Waals surface area (Å²) in [5, 5.41) is 0.506. The fourth-order valence-corrected chi connectivity index (χ4v) is 6.40. The zero-order valence-corrected chi connectivity index (χ0v) is 20.2. The number of rotatable bonds is 4. The monoisotopic (exact) mass is 497 g/mol. The Morgan fingerprint density at radius 1 is 0.912 bits per heavy atom. The molecule has 2 aliphatic rings. The van der Waals surface area contributed by atoms with Gasteiger partial charge >= 0.3 is 0 Å². The van der Waals surface area contributed by atoms with E-state index in [1.54, 1.807) is 54.5 Å². The van der Waals surface area contributed by atoms with Gasteiger partial charge in [-0.05, 0) is 36.4 Å². The molecule has 0 unspecified atom stereocenters. The van der Waals surface area contributed by atoms with E-state index in [0.717, 1.165) is 11.4 Å². The van der Waals surface area contributed by atoms with Crippen LogP contribution in [0.1, 0.15) is 0 Å². The van der Waals surface area contributed by atoms with Crippen LogP contribution in [0.5, 0.6) is 5.75 Å². The van der Waals surface area contributed by atoms with Gasteiger partial charge in [0.05, 0.1) is 23.4 Å². The molecule has 0 bridgehead atoms. The first kappa shape index (κ1) is 22.6. The Bertz CT molecular complexity index is 1350. The minimum absolute atomic E-state index is 0.179. The van der Waals surface area contributed by atoms with Gasteiger partial charge in [0.15, 0.2) is 0 Å². The van der Waals surface area contributed by atoms with Crippen LogP contribution >= 0.6 is 11.6 Å². The number of sulfonamides is 1. The van der Waals surface area contributed by atoms with E-state index in [-0.39, 0.29) is 17.3 Å². The van der Waals surface area contributed by atoms with Gasteiger partial charge in [-0.1, -0.05) is 41.9 Å². The third kappa shape index (κ3) is 3.86. The van der Waals surface area contributed by atoms with Crippen molar-refractivity contribution in [1.29, 1.82) is 0 Å². The standard InChI is InChI=1S/C25H24ClN3O4S/c1-33-23-8-4-3-7-22(23)27-12-14-28(15-13-27)25(30)17-29-21-11-10-18(26)16-20(21)19-6-2-5-9-24(19)34(29,31)32/h2-11,16H,12-15,17H2,1H3. The molecule has 0 atom stereocenters. The van der Waals surface area contributed by atoms with E-state index in [1.165, 1.54) is 4.31 Å². The molecular weight excluding hydrogens is 474 g/mol. The van der Waals surface area contributed by atoms with Gasteiger partial charge in [0.2, 0.25) is 5.91 Å². The smallest absolute Gasteiger partial charge is 0.265 e. The molecule has 1 amide bonds. The van der Waals surface area contributed by atoms with Gasteiger partial charge < -0.3 is 14.5 Å². The number of nitrogens with zero attached hydrogens (tertiary/aromatic N) is 3. The lowest BCUT2D eigenvalue weighted by Crippen LogP contribution is -2.52. The van der Waals surface area contributed by atoms with Gasteiger partial charge in [0.25, 0.3) is 10.0 Å². The Hall–Kier alpha value is -3.23. The number of amides is 1. The maximum Gasteiger partial charge on any atom is 0.265 e. The van der Waals surface area contributed by atoms with Crippen molar-refractivity contribution in [1.82, 2.24) is 4.90 Å². The topological polar surface area (TPSA) is 70.2 Å². The fraction of sp³-hybridized carbons (Fsp3) is 0.240. The summed E-state index contributed by atoms with van der Waals surface area (Å²) in [4.78, 5) is 17.3. The molecule has 0 saturated carbocycles. The van der Waals surface area contributed by atoms with Crippen molar-refractivity contribution in [2.75, 3.05) is 49.0 Å². The maximum atomic E-state index is 13.5. The molecule has 176 valence electrons. The number of piperazine rings is 1. The first-order valence-electron chi connectivity index (χ1n) is 11.0. The summed E-state index contributed by atoms with van der Waals surface area (Å²) in [7, 11) is -2.25. The van der Waals surface area contributed by atoms with Gasteiger partial charge in [0.1, 0.15) is 12.3 Å². The molecule has 1 fully saturated rings. The predicted octanol–water partition coefficient (Wildman–Crippen LogP) is 3.87. The fourth-order valence-electron chi connectivity index (χ4n) is 4.58. The lowest BCUT2D eigenvalue weighted by Gasteiger charge is -2.38. The van der Waals surface area contributed by atoms with Crippen molar-refractivity contribution in [3.63, 3.8) is 0 Å². The zero-order chi connectivity index (χ0) is 23.9. The first-order valence-corrected chi connectivity index (χ1v) is 12.8. The number of fused-ring (bicyclic) bond motifs is 3. The molecule has 1 saturated heterocycles. The summed E-state index contributed by atoms with van der Waals surface area (Å²) in [5.74, 6) is 0.555. The highest BCUT2D eigenvalue weighted by Crippen LogP contribution is 2.43. The largest absolute Gasteiger partial charge is 0.495 e. The van der Waals surface area contributed by atoms with Gasteiger partial charge in [0, 0.05) is 42.3 Å². The van der Waals surface area contributed by atoms with Crippen molar-refractivity contribution in [2.24, 2.45) is 0 Å². The van der Waals surface area contributed by atoms with Crippen LogP contribution in [-0.4, -0.2) is 59.1 Å². The molecule has 3 aromatic carbocycles. The number of hydrogen-bond donors (Lipinski definition) is 0. The van der Waals surface area contributed by atoms with Crippen LogP contribution in [0.4, 0.5) is 11.4 Å². The Balaban J connectivity index is 1.37. The number of carbonyl (C=O) groups is 1. The number of halogens is 1. The lowest BCUT2D eigenvalue weighted by molar-refractivity contribution is -0.129. The molecule has 2 heterocycles. The number of benzene rings is 3. The van der Waals surface area contributed by atoms with Crippen LogP contribution in [-0.2, 0) is 14.8 Å². The van der Waals surface area contributed by atoms with Crippen molar-refractivity contribution >= 4 is 38.9 Å².